The number of hydrogen-bond donors (Lipinski definition) is 1. The third-order valence-electron chi connectivity index (χ3n) is 5.26. The topological polar surface area (TPSA) is 77.7 Å². The smallest absolute Gasteiger partial charge is 0.322 e. The maximum Gasteiger partial charge on any atom is 0.322 e. The molecule has 0 amide bonds. The second kappa shape index (κ2) is 12.1. The predicted octanol–water partition coefficient (Wildman–Crippen LogP) is 2.12. The number of aromatic nitrogens is 1. The molecular formula is C21H35N3O3. The Morgan fingerprint density at radius 2 is 2.00 bits per heavy atom. The van der Waals surface area contributed by atoms with Gasteiger partial charge in [0.2, 0.25) is 0 Å². The number of aryl methyl sites for hydroxylation is 3. The molecule has 0 bridgehead atoms. The van der Waals surface area contributed by atoms with E-state index in [1.165, 1.54) is 43.3 Å². The van der Waals surface area contributed by atoms with Crippen LogP contribution in [-0.4, -0.2) is 62.4 Å². The van der Waals surface area contributed by atoms with Gasteiger partial charge in [0.05, 0.1) is 13.7 Å². The Hall–Kier alpha value is -1.50. The van der Waals surface area contributed by atoms with Gasteiger partial charge in [-0.05, 0) is 69.5 Å². The Balaban J connectivity index is 1.73. The number of nitrogens with two attached hydrogens (primary N) is 1. The number of carbonyl (C=O) groups excluding carboxylic acids is 1. The number of carbonyl (C=O) groups is 1. The van der Waals surface area contributed by atoms with Crippen LogP contribution in [0.2, 0.25) is 0 Å². The Kier molecular flexibility index (Phi) is 9.73. The maximum absolute atomic E-state index is 11.5. The van der Waals surface area contributed by atoms with Crippen molar-refractivity contribution in [1.82, 2.24) is 9.88 Å². The molecule has 2 rings (SSSR count). The van der Waals surface area contributed by atoms with Crippen LogP contribution in [0, 0.1) is 0 Å². The summed E-state index contributed by atoms with van der Waals surface area (Å²) in [4.78, 5) is 18.6. The molecule has 152 valence electrons. The van der Waals surface area contributed by atoms with E-state index >= 15 is 0 Å². The number of methoxy groups -OCH3 is 2. The highest BCUT2D eigenvalue weighted by molar-refractivity contribution is 5.75. The molecule has 0 radical (unpaired) electrons. The SMILES string of the molecule is COCCN(CCCCc1ccc2c(n1)CCCC2)CC[C@H](N)C(=O)OC. The average molecular weight is 378 g/mol. The Labute approximate surface area is 163 Å². The number of hydrogen-bond acceptors (Lipinski definition) is 6. The summed E-state index contributed by atoms with van der Waals surface area (Å²) < 4.78 is 9.90. The van der Waals surface area contributed by atoms with Gasteiger partial charge in [-0.3, -0.25) is 9.78 Å². The molecule has 0 fully saturated rings. The zero-order valence-electron chi connectivity index (χ0n) is 16.9. The monoisotopic (exact) mass is 377 g/mol. The van der Waals surface area contributed by atoms with Crippen molar-refractivity contribution in [3.63, 3.8) is 0 Å². The van der Waals surface area contributed by atoms with E-state index in [4.69, 9.17) is 20.2 Å². The van der Waals surface area contributed by atoms with Gasteiger partial charge in [0.15, 0.2) is 0 Å². The van der Waals surface area contributed by atoms with Gasteiger partial charge in [-0.1, -0.05) is 6.07 Å². The molecule has 1 aliphatic rings. The zero-order chi connectivity index (χ0) is 19.5. The molecule has 0 aliphatic heterocycles. The van der Waals surface area contributed by atoms with Crippen LogP contribution in [0.15, 0.2) is 12.1 Å². The molecule has 1 aromatic rings. The normalized spacial score (nSPS) is 14.8. The van der Waals surface area contributed by atoms with Crippen LogP contribution in [0.3, 0.4) is 0 Å². The fraction of sp³-hybridized carbons (Fsp3) is 0.714. The lowest BCUT2D eigenvalue weighted by Gasteiger charge is -2.23. The first-order valence-electron chi connectivity index (χ1n) is 10.2. The van der Waals surface area contributed by atoms with E-state index in [1.807, 2.05) is 0 Å². The van der Waals surface area contributed by atoms with Crippen molar-refractivity contribution >= 4 is 5.97 Å². The molecule has 0 unspecified atom stereocenters. The minimum Gasteiger partial charge on any atom is -0.468 e. The number of nitrogens with zero attached hydrogens (tertiary/aromatic N) is 2. The highest BCUT2D eigenvalue weighted by Gasteiger charge is 2.15. The van der Waals surface area contributed by atoms with Crippen LogP contribution >= 0.6 is 0 Å². The second-order valence-electron chi connectivity index (χ2n) is 7.33. The zero-order valence-corrected chi connectivity index (χ0v) is 16.9. The number of pyridine rings is 1. The lowest BCUT2D eigenvalue weighted by molar-refractivity contribution is -0.142. The van der Waals surface area contributed by atoms with Crippen molar-refractivity contribution in [3.05, 3.63) is 29.1 Å². The largest absolute Gasteiger partial charge is 0.468 e. The Morgan fingerprint density at radius 3 is 2.78 bits per heavy atom. The van der Waals surface area contributed by atoms with Crippen LogP contribution in [-0.2, 0) is 33.5 Å². The highest BCUT2D eigenvalue weighted by Crippen LogP contribution is 2.20. The van der Waals surface area contributed by atoms with E-state index in [2.05, 4.69) is 17.0 Å². The van der Waals surface area contributed by atoms with Crippen LogP contribution < -0.4 is 5.73 Å². The van der Waals surface area contributed by atoms with Crippen LogP contribution in [0.4, 0.5) is 0 Å². The van der Waals surface area contributed by atoms with E-state index in [1.54, 1.807) is 7.11 Å². The minimum atomic E-state index is -0.556. The highest BCUT2D eigenvalue weighted by atomic mass is 16.5. The van der Waals surface area contributed by atoms with Gasteiger partial charge in [0.1, 0.15) is 6.04 Å². The van der Waals surface area contributed by atoms with Crippen molar-refractivity contribution in [2.24, 2.45) is 5.73 Å². The summed E-state index contributed by atoms with van der Waals surface area (Å²) in [5, 5.41) is 0. The third kappa shape index (κ3) is 7.56. The molecule has 1 heterocycles. The fourth-order valence-electron chi connectivity index (χ4n) is 3.55. The fourth-order valence-corrected chi connectivity index (χ4v) is 3.55. The molecule has 0 saturated heterocycles. The van der Waals surface area contributed by atoms with Crippen molar-refractivity contribution in [2.45, 2.75) is 57.4 Å². The van der Waals surface area contributed by atoms with E-state index in [0.717, 1.165) is 45.3 Å². The first-order chi connectivity index (χ1) is 13.1. The van der Waals surface area contributed by atoms with E-state index < -0.39 is 6.04 Å². The van der Waals surface area contributed by atoms with Gasteiger partial charge in [-0.25, -0.2) is 0 Å². The Bertz CT molecular complexity index is 580. The van der Waals surface area contributed by atoms with Gasteiger partial charge >= 0.3 is 5.97 Å². The summed E-state index contributed by atoms with van der Waals surface area (Å²) in [6.07, 6.45) is 8.71. The number of esters is 1. The summed E-state index contributed by atoms with van der Waals surface area (Å²) in [6.45, 7) is 3.28. The van der Waals surface area contributed by atoms with Crippen molar-refractivity contribution in [1.29, 1.82) is 0 Å². The van der Waals surface area contributed by atoms with Crippen molar-refractivity contribution in [3.8, 4) is 0 Å². The predicted molar refractivity (Wildman–Crippen MR) is 107 cm³/mol. The number of unbranched alkanes of at least 4 members (excludes halogenated alkanes) is 1. The van der Waals surface area contributed by atoms with E-state index in [-0.39, 0.29) is 5.97 Å². The van der Waals surface area contributed by atoms with Gasteiger partial charge in [-0.2, -0.15) is 0 Å². The molecule has 0 spiro atoms. The molecule has 1 atom stereocenters. The lowest BCUT2D eigenvalue weighted by atomic mass is 9.95. The summed E-state index contributed by atoms with van der Waals surface area (Å²) in [7, 11) is 3.08. The molecule has 2 N–H and O–H groups in total. The average Bonchev–Trinajstić information content (AvgIpc) is 2.71. The molecule has 1 aromatic heterocycles. The molecule has 27 heavy (non-hydrogen) atoms. The minimum absolute atomic E-state index is 0.347. The van der Waals surface area contributed by atoms with Gasteiger partial charge in [-0.15, -0.1) is 0 Å². The van der Waals surface area contributed by atoms with E-state index in [0.29, 0.717) is 13.0 Å². The number of fused-ring (bicyclic) bond motifs is 1. The summed E-state index contributed by atoms with van der Waals surface area (Å²) in [5.74, 6) is -0.347. The van der Waals surface area contributed by atoms with Gasteiger partial charge < -0.3 is 20.1 Å². The van der Waals surface area contributed by atoms with E-state index in [9.17, 15) is 4.79 Å². The molecule has 1 aliphatic carbocycles. The summed E-state index contributed by atoms with van der Waals surface area (Å²) >= 11 is 0. The molecule has 6 heteroatoms. The van der Waals surface area contributed by atoms with Crippen molar-refractivity contribution in [2.75, 3.05) is 40.5 Å². The van der Waals surface area contributed by atoms with Crippen LogP contribution in [0.1, 0.15) is 49.1 Å². The van der Waals surface area contributed by atoms with Crippen LogP contribution in [0.25, 0.3) is 0 Å². The second-order valence-corrected chi connectivity index (χ2v) is 7.33. The summed E-state index contributed by atoms with van der Waals surface area (Å²) in [5.41, 5.74) is 9.82. The number of rotatable bonds is 12. The summed E-state index contributed by atoms with van der Waals surface area (Å²) in [6, 6.07) is 3.91. The standard InChI is InChI=1S/C21H35N3O3/c1-26-16-15-24(14-12-19(22)21(25)27-2)13-6-5-8-18-11-10-17-7-3-4-9-20(17)23-18/h10-11,19H,3-9,12-16,22H2,1-2H3/t19-/m0/s1. The Morgan fingerprint density at radius 1 is 1.19 bits per heavy atom. The van der Waals surface area contributed by atoms with Crippen LogP contribution in [0.5, 0.6) is 0 Å². The molecule has 0 aromatic carbocycles. The molecular weight excluding hydrogens is 342 g/mol. The molecule has 0 saturated carbocycles. The lowest BCUT2D eigenvalue weighted by Crippen LogP contribution is -2.37. The van der Waals surface area contributed by atoms with Gasteiger partial charge in [0.25, 0.3) is 0 Å². The maximum atomic E-state index is 11.5. The number of ether oxygens (including phenoxy) is 2. The van der Waals surface area contributed by atoms with Gasteiger partial charge in [0, 0.05) is 31.6 Å². The van der Waals surface area contributed by atoms with Crippen molar-refractivity contribution < 1.29 is 14.3 Å². The quantitative estimate of drug-likeness (QED) is 0.444. The first-order valence-corrected chi connectivity index (χ1v) is 10.2. The third-order valence-corrected chi connectivity index (χ3v) is 5.26. The first kappa shape index (κ1) is 21.8. The molecule has 6 nitrogen and oxygen atoms in total.